The lowest BCUT2D eigenvalue weighted by Crippen LogP contribution is -2.48. The summed E-state index contributed by atoms with van der Waals surface area (Å²) in [5.74, 6) is 0.852. The monoisotopic (exact) mass is 473 g/mol. The molecule has 0 radical (unpaired) electrons. The number of amides is 2. The second kappa shape index (κ2) is 12.5. The molecule has 2 amide bonds. The minimum Gasteiger partial charge on any atom is -0.490 e. The number of carbonyl (C=O) groups is 2. The first-order valence-corrected chi connectivity index (χ1v) is 10.6. The molecule has 0 saturated carbocycles. The number of halogens is 2. The van der Waals surface area contributed by atoms with Gasteiger partial charge >= 0.3 is 0 Å². The van der Waals surface area contributed by atoms with Crippen molar-refractivity contribution in [2.24, 2.45) is 11.0 Å². The molecule has 0 saturated heterocycles. The Morgan fingerprint density at radius 2 is 2.00 bits per heavy atom. The highest BCUT2D eigenvalue weighted by Crippen LogP contribution is 2.36. The Balaban J connectivity index is 2.12. The number of nitrogens with zero attached hydrogens (tertiary/aromatic N) is 1. The predicted molar refractivity (Wildman–Crippen MR) is 125 cm³/mol. The van der Waals surface area contributed by atoms with E-state index in [9.17, 15) is 14.0 Å². The Labute approximate surface area is 197 Å². The van der Waals surface area contributed by atoms with Gasteiger partial charge in [-0.2, -0.15) is 5.10 Å². The van der Waals surface area contributed by atoms with Gasteiger partial charge in [0.05, 0.1) is 23.4 Å². The first-order valence-electron chi connectivity index (χ1n) is 10.2. The lowest BCUT2D eigenvalue weighted by atomic mass is 10.0. The fraction of sp³-hybridized carbons (Fsp3) is 0.292. The van der Waals surface area contributed by atoms with Crippen LogP contribution >= 0.6 is 11.6 Å². The van der Waals surface area contributed by atoms with Gasteiger partial charge in [0.2, 0.25) is 0 Å². The lowest BCUT2D eigenvalue weighted by Gasteiger charge is -2.20. The van der Waals surface area contributed by atoms with E-state index in [2.05, 4.69) is 21.8 Å². The number of benzene rings is 2. The summed E-state index contributed by atoms with van der Waals surface area (Å²) >= 11 is 6.27. The van der Waals surface area contributed by atoms with Crippen LogP contribution in [0.15, 0.2) is 41.5 Å². The van der Waals surface area contributed by atoms with Gasteiger partial charge in [0, 0.05) is 0 Å². The van der Waals surface area contributed by atoms with Crippen LogP contribution in [0.5, 0.6) is 11.5 Å². The number of hydrogen-bond donors (Lipinski definition) is 2. The highest BCUT2D eigenvalue weighted by atomic mass is 35.5. The summed E-state index contributed by atoms with van der Waals surface area (Å²) in [6, 6.07) is 7.81. The third-order valence-electron chi connectivity index (χ3n) is 4.37. The SMILES string of the molecule is C#CCOc1c(Cl)cc(C=NNC(=O)C(NC(=O)c2ccccc2F)C(C)C)cc1OCC. The molecule has 33 heavy (non-hydrogen) atoms. The quantitative estimate of drug-likeness (QED) is 0.312. The molecule has 0 spiro atoms. The molecule has 0 heterocycles. The van der Waals surface area contributed by atoms with Crippen molar-refractivity contribution in [2.75, 3.05) is 13.2 Å². The van der Waals surface area contributed by atoms with E-state index in [4.69, 9.17) is 27.5 Å². The molecule has 7 nitrogen and oxygen atoms in total. The number of hydrazone groups is 1. The number of ether oxygens (including phenoxy) is 2. The fourth-order valence-corrected chi connectivity index (χ4v) is 3.09. The Morgan fingerprint density at radius 1 is 1.27 bits per heavy atom. The van der Waals surface area contributed by atoms with Crippen LogP contribution in [0.25, 0.3) is 0 Å². The summed E-state index contributed by atoms with van der Waals surface area (Å²) in [4.78, 5) is 25.0. The Hall–Kier alpha value is -3.57. The molecule has 0 fully saturated rings. The van der Waals surface area contributed by atoms with Crippen LogP contribution in [0.4, 0.5) is 4.39 Å². The largest absolute Gasteiger partial charge is 0.490 e. The number of rotatable bonds is 10. The van der Waals surface area contributed by atoms with Gasteiger partial charge in [0.1, 0.15) is 18.5 Å². The third kappa shape index (κ3) is 7.22. The van der Waals surface area contributed by atoms with Crippen LogP contribution in [-0.4, -0.2) is 37.3 Å². The number of hydrogen-bond acceptors (Lipinski definition) is 5. The molecule has 2 aromatic carbocycles. The molecule has 2 N–H and O–H groups in total. The summed E-state index contributed by atoms with van der Waals surface area (Å²) in [7, 11) is 0. The van der Waals surface area contributed by atoms with Gasteiger partial charge < -0.3 is 14.8 Å². The third-order valence-corrected chi connectivity index (χ3v) is 4.65. The minimum atomic E-state index is -0.934. The van der Waals surface area contributed by atoms with Crippen molar-refractivity contribution in [1.82, 2.24) is 10.7 Å². The Bertz CT molecular complexity index is 1070. The van der Waals surface area contributed by atoms with Crippen molar-refractivity contribution in [2.45, 2.75) is 26.8 Å². The molecule has 0 aromatic heterocycles. The van der Waals surface area contributed by atoms with Crippen molar-refractivity contribution in [3.8, 4) is 23.8 Å². The summed E-state index contributed by atoms with van der Waals surface area (Å²) in [5, 5.41) is 6.75. The molecule has 2 rings (SSSR count). The van der Waals surface area contributed by atoms with Gasteiger partial charge in [0.15, 0.2) is 11.5 Å². The second-order valence-electron chi connectivity index (χ2n) is 7.17. The van der Waals surface area contributed by atoms with Crippen LogP contribution in [0.1, 0.15) is 36.7 Å². The van der Waals surface area contributed by atoms with E-state index in [1.54, 1.807) is 26.0 Å². The van der Waals surface area contributed by atoms with E-state index < -0.39 is 23.7 Å². The lowest BCUT2D eigenvalue weighted by molar-refractivity contribution is -0.123. The van der Waals surface area contributed by atoms with E-state index in [1.165, 1.54) is 30.5 Å². The van der Waals surface area contributed by atoms with Crippen LogP contribution in [0.3, 0.4) is 0 Å². The molecule has 174 valence electrons. The van der Waals surface area contributed by atoms with Crippen molar-refractivity contribution in [1.29, 1.82) is 0 Å². The Kier molecular flexibility index (Phi) is 9.70. The van der Waals surface area contributed by atoms with Crippen molar-refractivity contribution in [3.05, 3.63) is 58.4 Å². The van der Waals surface area contributed by atoms with E-state index >= 15 is 0 Å². The molecule has 0 bridgehead atoms. The molecule has 1 unspecified atom stereocenters. The first kappa shape index (κ1) is 25.7. The van der Waals surface area contributed by atoms with Gasteiger partial charge in [-0.1, -0.05) is 43.5 Å². The van der Waals surface area contributed by atoms with Crippen molar-refractivity contribution < 1.29 is 23.5 Å². The van der Waals surface area contributed by atoms with Gasteiger partial charge in [-0.25, -0.2) is 9.82 Å². The summed E-state index contributed by atoms with van der Waals surface area (Å²) in [6.45, 7) is 5.70. The molecule has 0 aliphatic heterocycles. The predicted octanol–water partition coefficient (Wildman–Crippen LogP) is 3.79. The zero-order chi connectivity index (χ0) is 24.4. The smallest absolute Gasteiger partial charge is 0.262 e. The number of carbonyl (C=O) groups excluding carboxylic acids is 2. The Morgan fingerprint density at radius 3 is 2.64 bits per heavy atom. The van der Waals surface area contributed by atoms with E-state index in [0.29, 0.717) is 23.7 Å². The zero-order valence-corrected chi connectivity index (χ0v) is 19.3. The topological polar surface area (TPSA) is 89.0 Å². The summed E-state index contributed by atoms with van der Waals surface area (Å²) in [5.41, 5.74) is 2.77. The minimum absolute atomic E-state index is 0.0263. The van der Waals surface area contributed by atoms with Gasteiger partial charge in [-0.15, -0.1) is 6.42 Å². The maximum absolute atomic E-state index is 13.9. The van der Waals surface area contributed by atoms with Gasteiger partial charge in [-0.05, 0) is 42.7 Å². The van der Waals surface area contributed by atoms with E-state index in [1.807, 2.05) is 6.92 Å². The average molecular weight is 474 g/mol. The van der Waals surface area contributed by atoms with Crippen LogP contribution in [0.2, 0.25) is 5.02 Å². The van der Waals surface area contributed by atoms with E-state index in [0.717, 1.165) is 0 Å². The molecular formula is C24H25ClFN3O4. The van der Waals surface area contributed by atoms with Crippen molar-refractivity contribution in [3.63, 3.8) is 0 Å². The highest BCUT2D eigenvalue weighted by molar-refractivity contribution is 6.32. The highest BCUT2D eigenvalue weighted by Gasteiger charge is 2.25. The second-order valence-corrected chi connectivity index (χ2v) is 7.57. The van der Waals surface area contributed by atoms with Crippen molar-refractivity contribution >= 4 is 29.6 Å². The summed E-state index contributed by atoms with van der Waals surface area (Å²) in [6.07, 6.45) is 6.59. The van der Waals surface area contributed by atoms with Crippen LogP contribution < -0.4 is 20.2 Å². The first-order chi connectivity index (χ1) is 15.8. The van der Waals surface area contributed by atoms with E-state index in [-0.39, 0.29) is 23.1 Å². The zero-order valence-electron chi connectivity index (χ0n) is 18.5. The molecule has 9 heteroatoms. The summed E-state index contributed by atoms with van der Waals surface area (Å²) < 4.78 is 24.9. The van der Waals surface area contributed by atoms with Gasteiger partial charge in [-0.3, -0.25) is 9.59 Å². The molecule has 1 atom stereocenters. The number of nitrogens with one attached hydrogen (secondary N) is 2. The maximum Gasteiger partial charge on any atom is 0.262 e. The molecular weight excluding hydrogens is 449 g/mol. The van der Waals surface area contributed by atoms with Crippen LogP contribution in [0, 0.1) is 24.1 Å². The maximum atomic E-state index is 13.9. The molecule has 0 aliphatic rings. The molecule has 2 aromatic rings. The average Bonchev–Trinajstić information content (AvgIpc) is 2.77. The van der Waals surface area contributed by atoms with Gasteiger partial charge in [0.25, 0.3) is 11.8 Å². The normalized spacial score (nSPS) is 11.7. The van der Waals surface area contributed by atoms with Crippen LogP contribution in [-0.2, 0) is 4.79 Å². The standard InChI is InChI=1S/C24H25ClFN3O4/c1-5-11-33-22-18(25)12-16(13-20(22)32-6-2)14-27-29-24(31)21(15(3)4)28-23(30)17-9-7-8-10-19(17)26/h1,7-10,12-15,21H,6,11H2,2-4H3,(H,28,30)(H,29,31). The molecule has 0 aliphatic carbocycles. The number of terminal acetylenes is 1. The fourth-order valence-electron chi connectivity index (χ4n) is 2.82.